The molecule has 1 N–H and O–H groups in total. The van der Waals surface area contributed by atoms with E-state index in [1.165, 1.54) is 6.42 Å². The van der Waals surface area contributed by atoms with Crippen molar-refractivity contribution in [2.45, 2.75) is 65.5 Å². The number of amides is 1. The molecule has 2 aliphatic carbocycles. The number of aromatic nitrogens is 3. The molecule has 0 aromatic carbocycles. The van der Waals surface area contributed by atoms with E-state index in [2.05, 4.69) is 15.4 Å². The molecule has 2 aliphatic rings. The summed E-state index contributed by atoms with van der Waals surface area (Å²) in [5.41, 5.74) is 4.01. The van der Waals surface area contributed by atoms with Crippen molar-refractivity contribution in [1.82, 2.24) is 19.9 Å². The highest BCUT2D eigenvalue weighted by molar-refractivity contribution is 6.01. The SMILES string of the molecule is CCO[C@@H]1C[C@H](NC(=O)c2c(C)nn3c(C)cc(C)nc23)C12CCC2. The Morgan fingerprint density at radius 2 is 2.16 bits per heavy atom. The summed E-state index contributed by atoms with van der Waals surface area (Å²) in [7, 11) is 0. The Bertz CT molecular complexity index is 838. The normalized spacial score (nSPS) is 24.2. The van der Waals surface area contributed by atoms with Crippen molar-refractivity contribution in [3.05, 3.63) is 28.7 Å². The smallest absolute Gasteiger partial charge is 0.257 e. The van der Waals surface area contributed by atoms with Crippen molar-refractivity contribution in [2.24, 2.45) is 5.41 Å². The van der Waals surface area contributed by atoms with Gasteiger partial charge in [0.1, 0.15) is 5.56 Å². The summed E-state index contributed by atoms with van der Waals surface area (Å²) in [5.74, 6) is -0.0591. The van der Waals surface area contributed by atoms with Gasteiger partial charge in [-0.3, -0.25) is 4.79 Å². The standard InChI is InChI=1S/C19H26N4O2/c1-5-25-15-10-14(19(15)7-6-8-19)21-18(24)16-13(4)22-23-12(3)9-11(2)20-17(16)23/h9,14-15H,5-8,10H2,1-4H3,(H,21,24)/t14-,15+/m0/s1. The van der Waals surface area contributed by atoms with Crippen LogP contribution in [0.5, 0.6) is 0 Å². The van der Waals surface area contributed by atoms with E-state index in [9.17, 15) is 4.79 Å². The number of aryl methyl sites for hydroxylation is 3. The highest BCUT2D eigenvalue weighted by Crippen LogP contribution is 2.57. The Hall–Kier alpha value is -1.95. The van der Waals surface area contributed by atoms with Gasteiger partial charge >= 0.3 is 0 Å². The van der Waals surface area contributed by atoms with Crippen molar-refractivity contribution < 1.29 is 9.53 Å². The number of hydrogen-bond acceptors (Lipinski definition) is 4. The van der Waals surface area contributed by atoms with E-state index in [1.807, 2.05) is 33.8 Å². The van der Waals surface area contributed by atoms with E-state index in [1.54, 1.807) is 4.52 Å². The first-order valence-electron chi connectivity index (χ1n) is 9.22. The van der Waals surface area contributed by atoms with Crippen LogP contribution in [0.1, 0.15) is 60.0 Å². The van der Waals surface area contributed by atoms with Gasteiger partial charge in [0.25, 0.3) is 5.91 Å². The fourth-order valence-corrected chi connectivity index (χ4v) is 4.56. The monoisotopic (exact) mass is 342 g/mol. The Labute approximate surface area is 148 Å². The third-order valence-corrected chi connectivity index (χ3v) is 6.04. The lowest BCUT2D eigenvalue weighted by Crippen LogP contribution is -2.67. The van der Waals surface area contributed by atoms with Gasteiger partial charge in [0.05, 0.1) is 11.8 Å². The van der Waals surface area contributed by atoms with Gasteiger partial charge in [-0.1, -0.05) is 6.42 Å². The van der Waals surface area contributed by atoms with Gasteiger partial charge in [-0.25, -0.2) is 9.50 Å². The quantitative estimate of drug-likeness (QED) is 0.928. The second-order valence-electron chi connectivity index (χ2n) is 7.53. The topological polar surface area (TPSA) is 68.5 Å². The Balaban J connectivity index is 1.60. The molecule has 2 atom stereocenters. The summed E-state index contributed by atoms with van der Waals surface area (Å²) in [6, 6.07) is 2.17. The molecule has 0 saturated heterocycles. The number of carbonyl (C=O) groups excluding carboxylic acids is 1. The van der Waals surface area contributed by atoms with Gasteiger partial charge in [-0.2, -0.15) is 5.10 Å². The Morgan fingerprint density at radius 3 is 2.80 bits per heavy atom. The minimum absolute atomic E-state index is 0.0591. The number of hydrogen-bond donors (Lipinski definition) is 1. The van der Waals surface area contributed by atoms with Gasteiger partial charge in [-0.05, 0) is 53.0 Å². The number of nitrogens with one attached hydrogen (secondary N) is 1. The highest BCUT2D eigenvalue weighted by Gasteiger charge is 2.59. The maximum absolute atomic E-state index is 13.0. The number of carbonyl (C=O) groups is 1. The van der Waals surface area contributed by atoms with Gasteiger partial charge in [0.2, 0.25) is 0 Å². The molecular weight excluding hydrogens is 316 g/mol. The molecular formula is C19H26N4O2. The van der Waals surface area contributed by atoms with Gasteiger partial charge in [0, 0.05) is 29.5 Å². The molecule has 6 heteroatoms. The third kappa shape index (κ3) is 2.38. The first-order valence-corrected chi connectivity index (χ1v) is 9.22. The van der Waals surface area contributed by atoms with Crippen molar-refractivity contribution in [3.63, 3.8) is 0 Å². The summed E-state index contributed by atoms with van der Waals surface area (Å²) >= 11 is 0. The lowest BCUT2D eigenvalue weighted by molar-refractivity contribution is -0.169. The zero-order chi connectivity index (χ0) is 17.8. The van der Waals surface area contributed by atoms with Crippen LogP contribution in [0.2, 0.25) is 0 Å². The lowest BCUT2D eigenvalue weighted by atomic mass is 9.51. The van der Waals surface area contributed by atoms with Gasteiger partial charge < -0.3 is 10.1 Å². The lowest BCUT2D eigenvalue weighted by Gasteiger charge is -2.60. The maximum Gasteiger partial charge on any atom is 0.257 e. The van der Waals surface area contributed by atoms with Crippen molar-refractivity contribution in [2.75, 3.05) is 6.61 Å². The number of nitrogens with zero attached hydrogens (tertiary/aromatic N) is 3. The van der Waals surface area contributed by atoms with E-state index >= 15 is 0 Å². The molecule has 2 heterocycles. The highest BCUT2D eigenvalue weighted by atomic mass is 16.5. The third-order valence-electron chi connectivity index (χ3n) is 6.04. The molecule has 0 aliphatic heterocycles. The van der Waals surface area contributed by atoms with Crippen molar-refractivity contribution in [3.8, 4) is 0 Å². The Morgan fingerprint density at radius 1 is 1.40 bits per heavy atom. The average molecular weight is 342 g/mol. The molecule has 2 fully saturated rings. The zero-order valence-electron chi connectivity index (χ0n) is 15.4. The van der Waals surface area contributed by atoms with E-state index in [-0.39, 0.29) is 17.4 Å². The van der Waals surface area contributed by atoms with Crippen LogP contribution in [-0.2, 0) is 4.74 Å². The molecule has 1 spiro atoms. The number of ether oxygens (including phenoxy) is 1. The van der Waals surface area contributed by atoms with Crippen LogP contribution in [0.25, 0.3) is 5.65 Å². The van der Waals surface area contributed by atoms with Crippen LogP contribution < -0.4 is 5.32 Å². The van der Waals surface area contributed by atoms with E-state index in [0.717, 1.165) is 43.0 Å². The molecule has 25 heavy (non-hydrogen) atoms. The second kappa shape index (κ2) is 5.80. The largest absolute Gasteiger partial charge is 0.378 e. The van der Waals surface area contributed by atoms with Crippen LogP contribution in [0.15, 0.2) is 6.07 Å². The van der Waals surface area contributed by atoms with Crippen LogP contribution in [0.4, 0.5) is 0 Å². The summed E-state index contributed by atoms with van der Waals surface area (Å²) in [5, 5.41) is 7.77. The fourth-order valence-electron chi connectivity index (χ4n) is 4.56. The van der Waals surface area contributed by atoms with Gasteiger partial charge in [-0.15, -0.1) is 0 Å². The summed E-state index contributed by atoms with van der Waals surface area (Å²) < 4.78 is 7.65. The zero-order valence-corrected chi connectivity index (χ0v) is 15.4. The first kappa shape index (κ1) is 16.5. The molecule has 6 nitrogen and oxygen atoms in total. The minimum atomic E-state index is -0.0591. The maximum atomic E-state index is 13.0. The molecule has 134 valence electrons. The predicted octanol–water partition coefficient (Wildman–Crippen LogP) is 2.73. The van der Waals surface area contributed by atoms with Crippen molar-refractivity contribution in [1.29, 1.82) is 0 Å². The molecule has 0 unspecified atom stereocenters. The summed E-state index contributed by atoms with van der Waals surface area (Å²) in [6.07, 6.45) is 4.72. The summed E-state index contributed by atoms with van der Waals surface area (Å²) in [6.45, 7) is 8.58. The molecule has 2 aromatic rings. The molecule has 0 radical (unpaired) electrons. The van der Waals surface area contributed by atoms with Crippen LogP contribution in [0, 0.1) is 26.2 Å². The molecule has 4 rings (SSSR count). The van der Waals surface area contributed by atoms with Crippen LogP contribution >= 0.6 is 0 Å². The molecule has 2 saturated carbocycles. The molecule has 0 bridgehead atoms. The van der Waals surface area contributed by atoms with E-state index in [0.29, 0.717) is 17.3 Å². The van der Waals surface area contributed by atoms with E-state index < -0.39 is 0 Å². The second-order valence-corrected chi connectivity index (χ2v) is 7.53. The molecule has 2 aromatic heterocycles. The minimum Gasteiger partial charge on any atom is -0.378 e. The number of fused-ring (bicyclic) bond motifs is 1. The summed E-state index contributed by atoms with van der Waals surface area (Å²) in [4.78, 5) is 17.6. The first-order chi connectivity index (χ1) is 12.0. The Kier molecular flexibility index (Phi) is 3.83. The van der Waals surface area contributed by atoms with Crippen LogP contribution in [0.3, 0.4) is 0 Å². The average Bonchev–Trinajstić information content (AvgIpc) is 2.80. The van der Waals surface area contributed by atoms with E-state index in [4.69, 9.17) is 4.74 Å². The van der Waals surface area contributed by atoms with Crippen molar-refractivity contribution >= 4 is 11.6 Å². The molecule has 1 amide bonds. The van der Waals surface area contributed by atoms with Gasteiger partial charge in [0.15, 0.2) is 5.65 Å². The number of rotatable bonds is 4. The predicted molar refractivity (Wildman–Crippen MR) is 94.8 cm³/mol. The van der Waals surface area contributed by atoms with Crippen LogP contribution in [-0.4, -0.2) is 39.3 Å². The fraction of sp³-hybridized carbons (Fsp3) is 0.632.